The molecular formula is C15H19NO4. The predicted octanol–water partition coefficient (Wildman–Crippen LogP) is 2.81. The summed E-state index contributed by atoms with van der Waals surface area (Å²) >= 11 is 0. The van der Waals surface area contributed by atoms with Gasteiger partial charge >= 0.3 is 0 Å². The zero-order valence-corrected chi connectivity index (χ0v) is 11.8. The zero-order chi connectivity index (χ0) is 14.3. The highest BCUT2D eigenvalue weighted by atomic mass is 16.5. The number of ether oxygens (including phenoxy) is 1. The SMILES string of the molecule is COC(C)c1nc2c(o1)C1CCCCCC1C(=O)C2=O. The van der Waals surface area contributed by atoms with E-state index in [2.05, 4.69) is 4.98 Å². The molecule has 0 bridgehead atoms. The molecule has 5 nitrogen and oxygen atoms in total. The van der Waals surface area contributed by atoms with Crippen molar-refractivity contribution in [2.45, 2.75) is 51.0 Å². The Morgan fingerprint density at radius 2 is 1.90 bits per heavy atom. The van der Waals surface area contributed by atoms with Gasteiger partial charge in [0, 0.05) is 18.9 Å². The van der Waals surface area contributed by atoms with Crippen molar-refractivity contribution in [2.24, 2.45) is 5.92 Å². The van der Waals surface area contributed by atoms with Crippen LogP contribution in [0.1, 0.15) is 73.2 Å². The summed E-state index contributed by atoms with van der Waals surface area (Å²) < 4.78 is 11.0. The molecule has 1 saturated carbocycles. The molecule has 1 heterocycles. The van der Waals surface area contributed by atoms with Crippen molar-refractivity contribution in [1.82, 2.24) is 4.98 Å². The molecule has 1 aromatic heterocycles. The lowest BCUT2D eigenvalue weighted by molar-refractivity contribution is -0.120. The number of nitrogens with zero attached hydrogens (tertiary/aromatic N) is 1. The molecule has 3 rings (SSSR count). The van der Waals surface area contributed by atoms with Crippen LogP contribution in [0.25, 0.3) is 0 Å². The standard InChI is InChI=1S/C15H19NO4/c1-8(19-2)15-16-11-13(18)12(17)9-6-4-3-5-7-10(9)14(11)20-15/h8-10H,3-7H2,1-2H3. The topological polar surface area (TPSA) is 69.4 Å². The third-order valence-corrected chi connectivity index (χ3v) is 4.50. The quantitative estimate of drug-likeness (QED) is 0.777. The Kier molecular flexibility index (Phi) is 3.46. The van der Waals surface area contributed by atoms with Gasteiger partial charge in [-0.3, -0.25) is 9.59 Å². The lowest BCUT2D eigenvalue weighted by atomic mass is 9.76. The number of rotatable bonds is 2. The Morgan fingerprint density at radius 3 is 2.60 bits per heavy atom. The van der Waals surface area contributed by atoms with Crippen LogP contribution in [0.4, 0.5) is 0 Å². The van der Waals surface area contributed by atoms with E-state index in [0.29, 0.717) is 11.7 Å². The number of aromatic nitrogens is 1. The predicted molar refractivity (Wildman–Crippen MR) is 70.6 cm³/mol. The first-order valence-electron chi connectivity index (χ1n) is 7.25. The fraction of sp³-hybridized carbons (Fsp3) is 0.667. The molecule has 5 heteroatoms. The van der Waals surface area contributed by atoms with Gasteiger partial charge in [-0.25, -0.2) is 4.98 Å². The fourth-order valence-corrected chi connectivity index (χ4v) is 3.26. The number of fused-ring (bicyclic) bond motifs is 3. The highest BCUT2D eigenvalue weighted by Gasteiger charge is 2.45. The van der Waals surface area contributed by atoms with E-state index in [0.717, 1.165) is 32.1 Å². The third-order valence-electron chi connectivity index (χ3n) is 4.50. The van der Waals surface area contributed by atoms with Crippen molar-refractivity contribution < 1.29 is 18.7 Å². The molecule has 0 N–H and O–H groups in total. The van der Waals surface area contributed by atoms with E-state index in [4.69, 9.17) is 9.15 Å². The molecular weight excluding hydrogens is 258 g/mol. The first kappa shape index (κ1) is 13.5. The summed E-state index contributed by atoms with van der Waals surface area (Å²) in [6.45, 7) is 1.81. The van der Waals surface area contributed by atoms with E-state index in [1.807, 2.05) is 6.92 Å². The van der Waals surface area contributed by atoms with Gasteiger partial charge in [0.25, 0.3) is 5.78 Å². The number of hydrogen-bond acceptors (Lipinski definition) is 5. The van der Waals surface area contributed by atoms with Crippen molar-refractivity contribution in [1.29, 1.82) is 0 Å². The van der Waals surface area contributed by atoms with Crippen molar-refractivity contribution in [2.75, 3.05) is 7.11 Å². The Labute approximate surface area is 117 Å². The monoisotopic (exact) mass is 277 g/mol. The number of Topliss-reactive ketones (excluding diaryl/α,β-unsaturated/α-hetero) is 2. The highest BCUT2D eigenvalue weighted by molar-refractivity contribution is 6.45. The molecule has 1 aromatic rings. The van der Waals surface area contributed by atoms with E-state index in [1.54, 1.807) is 7.11 Å². The Bertz CT molecular complexity index is 548. The first-order chi connectivity index (χ1) is 9.63. The van der Waals surface area contributed by atoms with E-state index in [9.17, 15) is 9.59 Å². The molecule has 0 aromatic carbocycles. The van der Waals surface area contributed by atoms with E-state index in [-0.39, 0.29) is 29.4 Å². The van der Waals surface area contributed by atoms with Gasteiger partial charge in [0.2, 0.25) is 11.7 Å². The number of carbonyl (C=O) groups is 2. The average molecular weight is 277 g/mol. The third kappa shape index (κ3) is 2.00. The van der Waals surface area contributed by atoms with E-state index in [1.165, 1.54) is 0 Å². The van der Waals surface area contributed by atoms with Crippen LogP contribution in [0, 0.1) is 5.92 Å². The largest absolute Gasteiger partial charge is 0.442 e. The van der Waals surface area contributed by atoms with E-state index < -0.39 is 5.78 Å². The first-order valence-corrected chi connectivity index (χ1v) is 7.25. The summed E-state index contributed by atoms with van der Waals surface area (Å²) in [4.78, 5) is 28.7. The number of oxazole rings is 1. The van der Waals surface area contributed by atoms with Crippen LogP contribution in [-0.4, -0.2) is 23.7 Å². The van der Waals surface area contributed by atoms with Gasteiger partial charge in [-0.15, -0.1) is 0 Å². The van der Waals surface area contributed by atoms with Crippen molar-refractivity contribution in [3.8, 4) is 0 Å². The van der Waals surface area contributed by atoms with Crippen molar-refractivity contribution in [3.63, 3.8) is 0 Å². The van der Waals surface area contributed by atoms with Crippen LogP contribution >= 0.6 is 0 Å². The average Bonchev–Trinajstić information content (AvgIpc) is 2.75. The summed E-state index contributed by atoms with van der Waals surface area (Å²) in [5.41, 5.74) is 0.219. The number of methoxy groups -OCH3 is 1. The zero-order valence-electron chi connectivity index (χ0n) is 11.8. The number of hydrogen-bond donors (Lipinski definition) is 0. The smallest absolute Gasteiger partial charge is 0.250 e. The van der Waals surface area contributed by atoms with Gasteiger partial charge in [0.05, 0.1) is 0 Å². The molecule has 3 atom stereocenters. The maximum absolute atomic E-state index is 12.3. The van der Waals surface area contributed by atoms with Crippen LogP contribution in [0.3, 0.4) is 0 Å². The summed E-state index contributed by atoms with van der Waals surface area (Å²) in [6.07, 6.45) is 4.55. The molecule has 1 fully saturated rings. The minimum Gasteiger partial charge on any atom is -0.442 e. The minimum atomic E-state index is -0.485. The second kappa shape index (κ2) is 5.13. The molecule has 20 heavy (non-hydrogen) atoms. The van der Waals surface area contributed by atoms with Crippen LogP contribution in [0.2, 0.25) is 0 Å². The summed E-state index contributed by atoms with van der Waals surface area (Å²) in [6, 6.07) is 0. The van der Waals surface area contributed by atoms with Gasteiger partial charge in [-0.1, -0.05) is 19.3 Å². The Hall–Kier alpha value is -1.49. The van der Waals surface area contributed by atoms with Crippen molar-refractivity contribution >= 4 is 11.6 Å². The molecule has 0 amide bonds. The van der Waals surface area contributed by atoms with Gasteiger partial charge < -0.3 is 9.15 Å². The normalized spacial score (nSPS) is 27.7. The lowest BCUT2D eigenvalue weighted by Gasteiger charge is -2.25. The maximum atomic E-state index is 12.3. The molecule has 108 valence electrons. The number of ketones is 2. The Balaban J connectivity index is 2.05. The summed E-state index contributed by atoms with van der Waals surface area (Å²) in [7, 11) is 1.56. The molecule has 0 radical (unpaired) electrons. The second-order valence-corrected chi connectivity index (χ2v) is 5.69. The van der Waals surface area contributed by atoms with Crippen molar-refractivity contribution in [3.05, 3.63) is 17.3 Å². The van der Waals surface area contributed by atoms with E-state index >= 15 is 0 Å². The van der Waals surface area contributed by atoms with Gasteiger partial charge in [-0.05, 0) is 19.8 Å². The molecule has 2 aliphatic rings. The molecule has 2 aliphatic carbocycles. The summed E-state index contributed by atoms with van der Waals surface area (Å²) in [5.74, 6) is 0.0406. The van der Waals surface area contributed by atoms with Gasteiger partial charge in [0.1, 0.15) is 11.9 Å². The molecule has 0 spiro atoms. The maximum Gasteiger partial charge on any atom is 0.250 e. The Morgan fingerprint density at radius 1 is 1.20 bits per heavy atom. The van der Waals surface area contributed by atoms with Crippen LogP contribution in [0.15, 0.2) is 4.42 Å². The highest BCUT2D eigenvalue weighted by Crippen LogP contribution is 2.43. The summed E-state index contributed by atoms with van der Waals surface area (Å²) in [5, 5.41) is 0. The molecule has 0 saturated heterocycles. The van der Waals surface area contributed by atoms with Crippen LogP contribution in [0.5, 0.6) is 0 Å². The molecule has 3 unspecified atom stereocenters. The van der Waals surface area contributed by atoms with Crippen LogP contribution < -0.4 is 0 Å². The van der Waals surface area contributed by atoms with Gasteiger partial charge in [0.15, 0.2) is 5.69 Å². The second-order valence-electron chi connectivity index (χ2n) is 5.69. The van der Waals surface area contributed by atoms with Gasteiger partial charge in [-0.2, -0.15) is 0 Å². The molecule has 0 aliphatic heterocycles. The van der Waals surface area contributed by atoms with Crippen LogP contribution in [-0.2, 0) is 9.53 Å². The number of carbonyl (C=O) groups excluding carboxylic acids is 2. The minimum absolute atomic E-state index is 0.0167. The fourth-order valence-electron chi connectivity index (χ4n) is 3.26. The lowest BCUT2D eigenvalue weighted by Crippen LogP contribution is -2.34.